The minimum Gasteiger partial charge on any atom is -0.489 e. The Labute approximate surface area is 281 Å². The average Bonchev–Trinajstić information content (AvgIpc) is 3.61. The number of benzene rings is 4. The zero-order chi connectivity index (χ0) is 32.8. The summed E-state index contributed by atoms with van der Waals surface area (Å²) in [5, 5.41) is 13.8. The van der Waals surface area contributed by atoms with Crippen molar-refractivity contribution in [2.24, 2.45) is 0 Å². The van der Waals surface area contributed by atoms with Crippen molar-refractivity contribution >= 4 is 27.2 Å². The third-order valence-electron chi connectivity index (χ3n) is 8.11. The number of hydrogen-bond donors (Lipinski definition) is 0. The quantitative estimate of drug-likeness (QED) is 0.172. The molecular weight excluding hydrogens is 612 g/mol. The van der Waals surface area contributed by atoms with Gasteiger partial charge in [0.2, 0.25) is 0 Å². The summed E-state index contributed by atoms with van der Waals surface area (Å²) >= 11 is 0. The predicted molar refractivity (Wildman–Crippen MR) is 185 cm³/mol. The summed E-state index contributed by atoms with van der Waals surface area (Å²) in [6.07, 6.45) is 1.98. The van der Waals surface area contributed by atoms with Crippen LogP contribution < -0.4 is 9.64 Å². The molecular formula is C37H44N4O7. The summed E-state index contributed by atoms with van der Waals surface area (Å²) in [5.41, 5.74) is 3.63. The van der Waals surface area contributed by atoms with Gasteiger partial charge >= 0.3 is 0 Å². The molecule has 0 atom stereocenters. The maximum Gasteiger partial charge on any atom is 0.144 e. The number of ether oxygens (including phenoxy) is 7. The van der Waals surface area contributed by atoms with Crippen LogP contribution in [-0.4, -0.2) is 114 Å². The molecule has 0 aliphatic carbocycles. The third kappa shape index (κ3) is 8.87. The van der Waals surface area contributed by atoms with Gasteiger partial charge in [-0.3, -0.25) is 0 Å². The van der Waals surface area contributed by atoms with Gasteiger partial charge in [-0.15, -0.1) is 5.10 Å². The topological polar surface area (TPSA) is 98.6 Å². The molecule has 6 rings (SSSR count). The monoisotopic (exact) mass is 656 g/mol. The first-order chi connectivity index (χ1) is 23.8. The number of hydrogen-bond acceptors (Lipinski definition) is 10. The van der Waals surface area contributed by atoms with Crippen molar-refractivity contribution in [2.75, 3.05) is 104 Å². The van der Waals surface area contributed by atoms with Crippen LogP contribution in [0.25, 0.3) is 38.5 Å². The van der Waals surface area contributed by atoms with Crippen LogP contribution in [-0.2, 0) is 28.4 Å². The van der Waals surface area contributed by atoms with E-state index in [-0.39, 0.29) is 0 Å². The maximum atomic E-state index is 6.30. The molecule has 1 aliphatic heterocycles. The fourth-order valence-electron chi connectivity index (χ4n) is 5.74. The lowest BCUT2D eigenvalue weighted by molar-refractivity contribution is -0.0116. The molecule has 11 nitrogen and oxygen atoms in total. The Balaban J connectivity index is 1.26. The van der Waals surface area contributed by atoms with Gasteiger partial charge < -0.3 is 38.1 Å². The number of anilines is 1. The lowest BCUT2D eigenvalue weighted by Gasteiger charge is -2.27. The molecule has 1 saturated heterocycles. The van der Waals surface area contributed by atoms with Crippen LogP contribution >= 0.6 is 0 Å². The zero-order valence-electron chi connectivity index (χ0n) is 27.6. The molecule has 0 unspecified atom stereocenters. The lowest BCUT2D eigenvalue weighted by Crippen LogP contribution is -2.32. The molecule has 4 aromatic carbocycles. The highest BCUT2D eigenvalue weighted by molar-refractivity contribution is 6.11. The van der Waals surface area contributed by atoms with Crippen molar-refractivity contribution in [1.82, 2.24) is 15.0 Å². The van der Waals surface area contributed by atoms with Gasteiger partial charge in [-0.25, -0.2) is 4.68 Å². The molecule has 0 amide bonds. The van der Waals surface area contributed by atoms with Gasteiger partial charge in [0, 0.05) is 31.8 Å². The summed E-state index contributed by atoms with van der Waals surface area (Å²) < 4.78 is 42.0. The van der Waals surface area contributed by atoms with Gasteiger partial charge in [0.25, 0.3) is 0 Å². The first-order valence-corrected chi connectivity index (χ1v) is 16.5. The van der Waals surface area contributed by atoms with Crippen LogP contribution in [0, 0.1) is 0 Å². The molecule has 254 valence electrons. The fourth-order valence-corrected chi connectivity index (χ4v) is 5.74. The molecule has 1 aromatic heterocycles. The van der Waals surface area contributed by atoms with Crippen molar-refractivity contribution in [3.05, 3.63) is 79.0 Å². The van der Waals surface area contributed by atoms with Gasteiger partial charge in [-0.2, -0.15) is 0 Å². The Hall–Kier alpha value is -4.10. The van der Waals surface area contributed by atoms with Gasteiger partial charge in [0.15, 0.2) is 0 Å². The summed E-state index contributed by atoms with van der Waals surface area (Å²) in [7, 11) is 1.67. The molecule has 0 saturated carbocycles. The summed E-state index contributed by atoms with van der Waals surface area (Å²) in [6.45, 7) is 7.34. The van der Waals surface area contributed by atoms with Crippen LogP contribution in [0.3, 0.4) is 0 Å². The van der Waals surface area contributed by atoms with Crippen LogP contribution in [0.2, 0.25) is 0 Å². The Bertz CT molecular complexity index is 1660. The maximum absolute atomic E-state index is 6.30. The SMILES string of the molecule is COCCOc1cc(-n2cc(-c3c4ccccc4cc4ccccc34)nn2)ccc1N1CCOCCOCCOCCOCCOCC1. The zero-order valence-corrected chi connectivity index (χ0v) is 27.6. The Kier molecular flexibility index (Phi) is 12.6. The average molecular weight is 657 g/mol. The van der Waals surface area contributed by atoms with E-state index in [2.05, 4.69) is 75.9 Å². The number of nitrogens with zero attached hydrogens (tertiary/aromatic N) is 4. The minimum atomic E-state index is 0.400. The van der Waals surface area contributed by atoms with Crippen LogP contribution in [0.15, 0.2) is 79.0 Å². The predicted octanol–water partition coefficient (Wildman–Crippen LogP) is 5.17. The summed E-state index contributed by atoms with van der Waals surface area (Å²) in [6, 6.07) is 25.1. The van der Waals surface area contributed by atoms with Crippen molar-refractivity contribution in [1.29, 1.82) is 0 Å². The highest BCUT2D eigenvalue weighted by atomic mass is 16.6. The third-order valence-corrected chi connectivity index (χ3v) is 8.11. The molecule has 1 aliphatic rings. The van der Waals surface area contributed by atoms with E-state index in [4.69, 9.17) is 33.2 Å². The van der Waals surface area contributed by atoms with Gasteiger partial charge in [-0.05, 0) is 39.7 Å². The first kappa shape index (κ1) is 33.8. The number of rotatable bonds is 7. The van der Waals surface area contributed by atoms with E-state index < -0.39 is 0 Å². The summed E-state index contributed by atoms with van der Waals surface area (Å²) in [4.78, 5) is 2.22. The Morgan fingerprint density at radius 1 is 0.646 bits per heavy atom. The van der Waals surface area contributed by atoms with E-state index in [1.807, 2.05) is 18.3 Å². The van der Waals surface area contributed by atoms with Gasteiger partial charge in [0.05, 0.1) is 90.2 Å². The second-order valence-electron chi connectivity index (χ2n) is 11.3. The highest BCUT2D eigenvalue weighted by Gasteiger charge is 2.17. The molecule has 0 spiro atoms. The van der Waals surface area contributed by atoms with E-state index >= 15 is 0 Å². The smallest absolute Gasteiger partial charge is 0.144 e. The van der Waals surface area contributed by atoms with Gasteiger partial charge in [0.1, 0.15) is 18.1 Å². The number of fused-ring (bicyclic) bond motifs is 2. The van der Waals surface area contributed by atoms with Gasteiger partial charge in [-0.1, -0.05) is 53.7 Å². The molecule has 11 heteroatoms. The van der Waals surface area contributed by atoms with E-state index in [1.165, 1.54) is 0 Å². The Morgan fingerprint density at radius 2 is 1.21 bits per heavy atom. The number of methoxy groups -OCH3 is 1. The highest BCUT2D eigenvalue weighted by Crippen LogP contribution is 2.36. The normalized spacial score (nSPS) is 16.5. The summed E-state index contributed by atoms with van der Waals surface area (Å²) in [5.74, 6) is 0.714. The molecule has 5 aromatic rings. The van der Waals surface area contributed by atoms with Crippen molar-refractivity contribution in [2.45, 2.75) is 0 Å². The molecule has 48 heavy (non-hydrogen) atoms. The van der Waals surface area contributed by atoms with Crippen molar-refractivity contribution < 1.29 is 33.2 Å². The molecule has 0 radical (unpaired) electrons. The standard InChI is InChI=1S/C37H44N4O7/c1-42-16-25-48-36-27-31(10-11-35(36)40-12-14-43-17-19-45-21-23-47-24-22-46-20-18-44-15-13-40)41-28-34(38-39-41)37-32-8-4-2-6-29(32)26-30-7-3-5-9-33(30)37/h2-11,26-28H,12-25H2,1H3. The van der Waals surface area contributed by atoms with Crippen LogP contribution in [0.5, 0.6) is 5.75 Å². The van der Waals surface area contributed by atoms with E-state index in [0.717, 1.165) is 44.2 Å². The van der Waals surface area contributed by atoms with E-state index in [9.17, 15) is 0 Å². The fraction of sp³-hybridized carbons (Fsp3) is 0.405. The van der Waals surface area contributed by atoms with E-state index in [1.54, 1.807) is 11.8 Å². The lowest BCUT2D eigenvalue weighted by atomic mass is 9.95. The second kappa shape index (κ2) is 17.9. The van der Waals surface area contributed by atoms with Crippen molar-refractivity contribution in [3.8, 4) is 22.7 Å². The molecule has 0 bridgehead atoms. The van der Waals surface area contributed by atoms with Crippen LogP contribution in [0.1, 0.15) is 0 Å². The number of aromatic nitrogens is 3. The molecule has 2 heterocycles. The Morgan fingerprint density at radius 3 is 1.79 bits per heavy atom. The first-order valence-electron chi connectivity index (χ1n) is 16.5. The molecule has 1 fully saturated rings. The largest absolute Gasteiger partial charge is 0.489 e. The molecule has 0 N–H and O–H groups in total. The minimum absolute atomic E-state index is 0.400. The van der Waals surface area contributed by atoms with Crippen LogP contribution in [0.4, 0.5) is 5.69 Å². The second-order valence-corrected chi connectivity index (χ2v) is 11.3. The van der Waals surface area contributed by atoms with Crippen molar-refractivity contribution in [3.63, 3.8) is 0 Å². The van der Waals surface area contributed by atoms with E-state index in [0.29, 0.717) is 98.1 Å².